The first-order chi connectivity index (χ1) is 7.08. The zero-order chi connectivity index (χ0) is 10.9. The summed E-state index contributed by atoms with van der Waals surface area (Å²) in [5.74, 6) is 2.18. The molecule has 0 spiro atoms. The number of carbonyl (C=O) groups excluding carboxylic acids is 1. The van der Waals surface area contributed by atoms with Crippen LogP contribution in [0.2, 0.25) is 0 Å². The van der Waals surface area contributed by atoms with Crippen molar-refractivity contribution in [1.82, 2.24) is 10.2 Å². The zero-order valence-corrected chi connectivity index (χ0v) is 11.6. The fourth-order valence-corrected chi connectivity index (χ4v) is 3.32. The molecule has 2 aliphatic heterocycles. The number of carbonyl (C=O) groups is 1. The number of likely N-dealkylation sites (tertiary alicyclic amines) is 1. The molecule has 1 N–H and O–H groups in total. The summed E-state index contributed by atoms with van der Waals surface area (Å²) in [6.45, 7) is 6.38. The van der Waals surface area contributed by atoms with Crippen LogP contribution in [0.5, 0.6) is 0 Å². The smallest absolute Gasteiger partial charge is 0.240 e. The number of hydrogen-bond acceptors (Lipinski definition) is 3. The van der Waals surface area contributed by atoms with Crippen molar-refractivity contribution in [3.8, 4) is 0 Å². The van der Waals surface area contributed by atoms with Crippen molar-refractivity contribution < 1.29 is 4.79 Å². The molecular formula is C11H21ClN2OS. The Labute approximate surface area is 108 Å². The predicted octanol–water partition coefficient (Wildman–Crippen LogP) is 1.72. The van der Waals surface area contributed by atoms with Gasteiger partial charge in [-0.2, -0.15) is 0 Å². The van der Waals surface area contributed by atoms with E-state index in [0.29, 0.717) is 11.3 Å². The van der Waals surface area contributed by atoms with Gasteiger partial charge in [0.2, 0.25) is 5.91 Å². The summed E-state index contributed by atoms with van der Waals surface area (Å²) in [6, 6.07) is 0.0731. The summed E-state index contributed by atoms with van der Waals surface area (Å²) in [4.78, 5) is 14.2. The van der Waals surface area contributed by atoms with Crippen molar-refractivity contribution in [3.63, 3.8) is 0 Å². The van der Waals surface area contributed by atoms with Gasteiger partial charge in [-0.1, -0.05) is 13.8 Å². The average molecular weight is 265 g/mol. The summed E-state index contributed by atoms with van der Waals surface area (Å²) in [7, 11) is 0. The molecule has 2 fully saturated rings. The van der Waals surface area contributed by atoms with Crippen molar-refractivity contribution in [2.75, 3.05) is 24.7 Å². The Morgan fingerprint density at radius 1 is 1.50 bits per heavy atom. The third-order valence-electron chi connectivity index (χ3n) is 3.23. The molecule has 0 unspecified atom stereocenters. The van der Waals surface area contributed by atoms with Crippen LogP contribution in [0, 0.1) is 5.41 Å². The number of nitrogens with zero attached hydrogens (tertiary/aromatic N) is 1. The maximum Gasteiger partial charge on any atom is 0.240 e. The molecular weight excluding hydrogens is 244 g/mol. The molecule has 2 saturated heterocycles. The lowest BCUT2D eigenvalue weighted by Crippen LogP contribution is -2.50. The number of thioether (sulfide) groups is 1. The van der Waals surface area contributed by atoms with Crippen LogP contribution >= 0.6 is 24.2 Å². The number of hydrogen-bond donors (Lipinski definition) is 1. The van der Waals surface area contributed by atoms with Crippen molar-refractivity contribution in [3.05, 3.63) is 0 Å². The minimum absolute atomic E-state index is 0. The van der Waals surface area contributed by atoms with Crippen molar-refractivity contribution in [2.45, 2.75) is 32.7 Å². The van der Waals surface area contributed by atoms with E-state index in [1.165, 1.54) is 6.42 Å². The Morgan fingerprint density at radius 3 is 2.81 bits per heavy atom. The molecule has 0 saturated carbocycles. The first-order valence-corrected chi connectivity index (χ1v) is 6.84. The lowest BCUT2D eigenvalue weighted by Gasteiger charge is -2.39. The molecule has 2 rings (SSSR count). The van der Waals surface area contributed by atoms with Gasteiger partial charge < -0.3 is 4.90 Å². The van der Waals surface area contributed by atoms with Crippen LogP contribution in [-0.2, 0) is 4.79 Å². The Bertz CT molecular complexity index is 254. The first kappa shape index (κ1) is 14.1. The normalized spacial score (nSPS) is 28.6. The molecule has 16 heavy (non-hydrogen) atoms. The number of halogens is 1. The van der Waals surface area contributed by atoms with E-state index in [0.717, 1.165) is 31.1 Å². The molecule has 0 aromatic carbocycles. The van der Waals surface area contributed by atoms with Gasteiger partial charge in [0.05, 0.1) is 6.04 Å². The second kappa shape index (κ2) is 5.61. The van der Waals surface area contributed by atoms with E-state index < -0.39 is 0 Å². The van der Waals surface area contributed by atoms with Crippen LogP contribution in [0.3, 0.4) is 0 Å². The summed E-state index contributed by atoms with van der Waals surface area (Å²) >= 11 is 1.82. The van der Waals surface area contributed by atoms with Gasteiger partial charge in [-0.15, -0.1) is 24.2 Å². The summed E-state index contributed by atoms with van der Waals surface area (Å²) in [6.07, 6.45) is 2.39. The molecule has 0 aliphatic carbocycles. The number of rotatable bonds is 1. The number of amides is 1. The van der Waals surface area contributed by atoms with E-state index in [2.05, 4.69) is 19.2 Å². The Balaban J connectivity index is 0.00000128. The van der Waals surface area contributed by atoms with E-state index >= 15 is 0 Å². The van der Waals surface area contributed by atoms with Gasteiger partial charge in [-0.3, -0.25) is 10.1 Å². The summed E-state index contributed by atoms with van der Waals surface area (Å²) in [5, 5.41) is 3.25. The lowest BCUT2D eigenvalue weighted by atomic mass is 9.84. The maximum absolute atomic E-state index is 12.1. The van der Waals surface area contributed by atoms with Gasteiger partial charge >= 0.3 is 0 Å². The highest BCUT2D eigenvalue weighted by atomic mass is 35.5. The number of nitrogens with one attached hydrogen (secondary N) is 1. The highest BCUT2D eigenvalue weighted by molar-refractivity contribution is 7.99. The monoisotopic (exact) mass is 264 g/mol. The van der Waals surface area contributed by atoms with Crippen LogP contribution in [0.15, 0.2) is 0 Å². The third kappa shape index (κ3) is 3.28. The van der Waals surface area contributed by atoms with Crippen molar-refractivity contribution in [1.29, 1.82) is 0 Å². The van der Waals surface area contributed by atoms with Crippen LogP contribution in [0.4, 0.5) is 0 Å². The van der Waals surface area contributed by atoms with Gasteiger partial charge in [0.25, 0.3) is 0 Å². The topological polar surface area (TPSA) is 32.3 Å². The SMILES string of the molecule is CC1(C)CCCN(C(=O)[C@H]2CSCN2)C1.Cl. The van der Waals surface area contributed by atoms with Crippen LogP contribution in [0.25, 0.3) is 0 Å². The highest BCUT2D eigenvalue weighted by Crippen LogP contribution is 2.29. The second-order valence-electron chi connectivity index (χ2n) is 5.30. The van der Waals surface area contributed by atoms with Crippen LogP contribution < -0.4 is 5.32 Å². The van der Waals surface area contributed by atoms with Gasteiger partial charge in [0.15, 0.2) is 0 Å². The minimum atomic E-state index is 0. The average Bonchev–Trinajstić information content (AvgIpc) is 2.67. The molecule has 1 amide bonds. The van der Waals surface area contributed by atoms with Crippen molar-refractivity contribution in [2.24, 2.45) is 5.41 Å². The van der Waals surface area contributed by atoms with Gasteiger partial charge in [0, 0.05) is 24.7 Å². The molecule has 94 valence electrons. The molecule has 5 heteroatoms. The predicted molar refractivity (Wildman–Crippen MR) is 71.1 cm³/mol. The standard InChI is InChI=1S/C11H20N2OS.ClH/c1-11(2)4-3-5-13(7-11)10(14)9-6-15-8-12-9;/h9,12H,3-8H2,1-2H3;1H/t9-;/m1./s1. The first-order valence-electron chi connectivity index (χ1n) is 5.68. The fourth-order valence-electron chi connectivity index (χ4n) is 2.39. The third-order valence-corrected chi connectivity index (χ3v) is 4.17. The van der Waals surface area contributed by atoms with E-state index in [1.54, 1.807) is 0 Å². The molecule has 0 radical (unpaired) electrons. The zero-order valence-electron chi connectivity index (χ0n) is 9.99. The molecule has 2 aliphatic rings. The van der Waals surface area contributed by atoms with Gasteiger partial charge in [0.1, 0.15) is 0 Å². The van der Waals surface area contributed by atoms with Gasteiger partial charge in [-0.05, 0) is 18.3 Å². The summed E-state index contributed by atoms with van der Waals surface area (Å²) in [5.41, 5.74) is 0.305. The molecule has 3 nitrogen and oxygen atoms in total. The molecule has 2 heterocycles. The van der Waals surface area contributed by atoms with E-state index in [1.807, 2.05) is 16.7 Å². The Morgan fingerprint density at radius 2 is 2.25 bits per heavy atom. The molecule has 0 aromatic heterocycles. The number of piperidine rings is 1. The van der Waals surface area contributed by atoms with Crippen molar-refractivity contribution >= 4 is 30.1 Å². The van der Waals surface area contributed by atoms with E-state index in [-0.39, 0.29) is 18.4 Å². The molecule has 1 atom stereocenters. The van der Waals surface area contributed by atoms with Gasteiger partial charge in [-0.25, -0.2) is 0 Å². The minimum Gasteiger partial charge on any atom is -0.341 e. The quantitative estimate of drug-likeness (QED) is 0.783. The largest absolute Gasteiger partial charge is 0.341 e. The Hall–Kier alpha value is 0.0700. The maximum atomic E-state index is 12.1. The highest BCUT2D eigenvalue weighted by Gasteiger charge is 2.33. The van der Waals surface area contributed by atoms with E-state index in [4.69, 9.17) is 0 Å². The second-order valence-corrected chi connectivity index (χ2v) is 6.33. The molecule has 0 aromatic rings. The lowest BCUT2D eigenvalue weighted by molar-refractivity contribution is -0.135. The van der Waals surface area contributed by atoms with Crippen LogP contribution in [-0.4, -0.2) is 41.6 Å². The fraction of sp³-hybridized carbons (Fsp3) is 0.909. The van der Waals surface area contributed by atoms with Crippen LogP contribution in [0.1, 0.15) is 26.7 Å². The summed E-state index contributed by atoms with van der Waals surface area (Å²) < 4.78 is 0. The molecule has 0 bridgehead atoms. The van der Waals surface area contributed by atoms with E-state index in [9.17, 15) is 4.79 Å². The Kier molecular flexibility index (Phi) is 4.95.